The van der Waals surface area contributed by atoms with E-state index in [0.29, 0.717) is 18.9 Å². The molecule has 0 amide bonds. The molecule has 0 atom stereocenters. The van der Waals surface area contributed by atoms with Crippen LogP contribution >= 0.6 is 11.8 Å². The minimum atomic E-state index is -4.66. The van der Waals surface area contributed by atoms with Gasteiger partial charge in [-0.25, -0.2) is 0 Å². The molecule has 2 rings (SSSR count). The van der Waals surface area contributed by atoms with Crippen molar-refractivity contribution in [3.63, 3.8) is 0 Å². The number of hydrogen-bond acceptors (Lipinski definition) is 3. The van der Waals surface area contributed by atoms with Gasteiger partial charge in [-0.05, 0) is 24.1 Å². The maximum absolute atomic E-state index is 12.1. The zero-order valence-corrected chi connectivity index (χ0v) is 12.8. The highest BCUT2D eigenvalue weighted by atomic mass is 32.2. The van der Waals surface area contributed by atoms with E-state index in [2.05, 4.69) is 14.6 Å². The molecular formula is C14H18F3N3OS. The molecule has 122 valence electrons. The fourth-order valence-corrected chi connectivity index (χ4v) is 2.95. The number of benzene rings is 1. The Morgan fingerprint density at radius 1 is 1.23 bits per heavy atom. The molecular weight excluding hydrogens is 315 g/mol. The molecule has 0 spiro atoms. The van der Waals surface area contributed by atoms with Crippen LogP contribution in [0.5, 0.6) is 5.75 Å². The first kappa shape index (κ1) is 16.8. The maximum Gasteiger partial charge on any atom is 0.573 e. The number of ether oxygens (including phenoxy) is 1. The number of nitrogens with zero attached hydrogens (tertiary/aromatic N) is 2. The first-order valence-corrected chi connectivity index (χ1v) is 8.07. The Morgan fingerprint density at radius 3 is 2.45 bits per heavy atom. The molecule has 22 heavy (non-hydrogen) atoms. The van der Waals surface area contributed by atoms with Gasteiger partial charge < -0.3 is 15.4 Å². The van der Waals surface area contributed by atoms with Crippen molar-refractivity contribution in [2.24, 2.45) is 10.7 Å². The molecule has 0 saturated carbocycles. The summed E-state index contributed by atoms with van der Waals surface area (Å²) in [5.74, 6) is 2.43. The molecule has 1 fully saturated rings. The molecule has 8 heteroatoms. The lowest BCUT2D eigenvalue weighted by Gasteiger charge is -2.27. The van der Waals surface area contributed by atoms with Crippen LogP contribution in [0, 0.1) is 0 Å². The summed E-state index contributed by atoms with van der Waals surface area (Å²) in [4.78, 5) is 6.38. The molecule has 2 N–H and O–H groups in total. The Balaban J connectivity index is 1.81. The van der Waals surface area contributed by atoms with Crippen LogP contribution in [0.1, 0.15) is 5.56 Å². The van der Waals surface area contributed by atoms with Crippen molar-refractivity contribution in [3.8, 4) is 5.75 Å². The van der Waals surface area contributed by atoms with Gasteiger partial charge in [0.2, 0.25) is 0 Å². The van der Waals surface area contributed by atoms with Crippen LogP contribution in [0.4, 0.5) is 13.2 Å². The van der Waals surface area contributed by atoms with Crippen LogP contribution in [0.15, 0.2) is 29.3 Å². The lowest BCUT2D eigenvalue weighted by atomic mass is 10.1. The highest BCUT2D eigenvalue weighted by Crippen LogP contribution is 2.22. The second kappa shape index (κ2) is 7.62. The molecule has 1 aliphatic rings. The molecule has 1 heterocycles. The molecule has 0 aromatic heterocycles. The Hall–Kier alpha value is -1.57. The summed E-state index contributed by atoms with van der Waals surface area (Å²) in [6, 6.07) is 5.81. The summed E-state index contributed by atoms with van der Waals surface area (Å²) in [5, 5.41) is 0. The Kier molecular flexibility index (Phi) is 5.82. The predicted molar refractivity (Wildman–Crippen MR) is 82.2 cm³/mol. The number of nitrogens with two attached hydrogens (primary N) is 1. The van der Waals surface area contributed by atoms with E-state index in [4.69, 9.17) is 5.73 Å². The van der Waals surface area contributed by atoms with Gasteiger partial charge in [-0.15, -0.1) is 13.2 Å². The van der Waals surface area contributed by atoms with E-state index in [1.54, 1.807) is 12.1 Å². The molecule has 0 aliphatic carbocycles. The third kappa shape index (κ3) is 5.67. The summed E-state index contributed by atoms with van der Waals surface area (Å²) < 4.78 is 40.0. The van der Waals surface area contributed by atoms with Gasteiger partial charge >= 0.3 is 6.36 Å². The number of aliphatic imine (C=N–C) groups is 1. The molecule has 1 saturated heterocycles. The van der Waals surface area contributed by atoms with Crippen molar-refractivity contribution in [1.29, 1.82) is 0 Å². The molecule has 0 bridgehead atoms. The van der Waals surface area contributed by atoms with E-state index >= 15 is 0 Å². The van der Waals surface area contributed by atoms with Gasteiger partial charge in [-0.2, -0.15) is 11.8 Å². The zero-order valence-electron chi connectivity index (χ0n) is 12.0. The predicted octanol–water partition coefficient (Wildman–Crippen LogP) is 2.49. The van der Waals surface area contributed by atoms with Crippen LogP contribution in [0.25, 0.3) is 0 Å². The highest BCUT2D eigenvalue weighted by Gasteiger charge is 2.30. The van der Waals surface area contributed by atoms with E-state index in [-0.39, 0.29) is 5.75 Å². The normalized spacial score (nSPS) is 16.7. The Labute approximate surface area is 131 Å². The van der Waals surface area contributed by atoms with Crippen LogP contribution in [-0.4, -0.2) is 48.4 Å². The average Bonchev–Trinajstić information content (AvgIpc) is 2.48. The largest absolute Gasteiger partial charge is 0.573 e. The van der Waals surface area contributed by atoms with Crippen LogP contribution in [0.3, 0.4) is 0 Å². The average molecular weight is 333 g/mol. The second-order valence-corrected chi connectivity index (χ2v) is 6.01. The van der Waals surface area contributed by atoms with E-state index in [9.17, 15) is 13.2 Å². The highest BCUT2D eigenvalue weighted by molar-refractivity contribution is 7.99. The van der Waals surface area contributed by atoms with Gasteiger partial charge in [0.25, 0.3) is 0 Å². The topological polar surface area (TPSA) is 50.9 Å². The first-order chi connectivity index (χ1) is 10.4. The lowest BCUT2D eigenvalue weighted by Crippen LogP contribution is -2.42. The number of guanidine groups is 1. The van der Waals surface area contributed by atoms with Crippen LogP contribution < -0.4 is 10.5 Å². The Morgan fingerprint density at radius 2 is 1.86 bits per heavy atom. The summed E-state index contributed by atoms with van der Waals surface area (Å²) in [6.07, 6.45) is -4.04. The lowest BCUT2D eigenvalue weighted by molar-refractivity contribution is -0.274. The fraction of sp³-hybridized carbons (Fsp3) is 0.500. The number of thioether (sulfide) groups is 1. The minimum Gasteiger partial charge on any atom is -0.406 e. The molecule has 4 nitrogen and oxygen atoms in total. The summed E-state index contributed by atoms with van der Waals surface area (Å²) >= 11 is 1.90. The van der Waals surface area contributed by atoms with Crippen molar-refractivity contribution < 1.29 is 17.9 Å². The van der Waals surface area contributed by atoms with Crippen molar-refractivity contribution in [3.05, 3.63) is 29.8 Å². The van der Waals surface area contributed by atoms with Crippen LogP contribution in [-0.2, 0) is 6.42 Å². The summed E-state index contributed by atoms with van der Waals surface area (Å²) in [6.45, 7) is 2.32. The number of rotatable bonds is 4. The zero-order chi connectivity index (χ0) is 16.0. The summed E-state index contributed by atoms with van der Waals surface area (Å²) in [7, 11) is 0. The molecule has 1 aliphatic heterocycles. The minimum absolute atomic E-state index is 0.218. The first-order valence-electron chi connectivity index (χ1n) is 6.91. The maximum atomic E-state index is 12.1. The third-order valence-corrected chi connectivity index (χ3v) is 4.11. The monoisotopic (exact) mass is 333 g/mol. The van der Waals surface area contributed by atoms with Gasteiger partial charge in [0.1, 0.15) is 5.75 Å². The van der Waals surface area contributed by atoms with E-state index in [1.807, 2.05) is 11.8 Å². The molecule has 0 unspecified atom stereocenters. The summed E-state index contributed by atoms with van der Waals surface area (Å²) in [5.41, 5.74) is 6.82. The Bertz CT molecular complexity index is 499. The van der Waals surface area contributed by atoms with Gasteiger partial charge in [-0.3, -0.25) is 4.99 Å². The van der Waals surface area contributed by atoms with E-state index in [0.717, 1.165) is 30.2 Å². The number of hydrogen-bond donors (Lipinski definition) is 1. The third-order valence-electron chi connectivity index (χ3n) is 3.17. The van der Waals surface area contributed by atoms with Gasteiger partial charge in [0.15, 0.2) is 5.96 Å². The van der Waals surface area contributed by atoms with Gasteiger partial charge in [0, 0.05) is 31.1 Å². The molecule has 1 aromatic carbocycles. The van der Waals surface area contributed by atoms with Crippen molar-refractivity contribution in [2.45, 2.75) is 12.8 Å². The van der Waals surface area contributed by atoms with Crippen molar-refractivity contribution in [1.82, 2.24) is 4.90 Å². The van der Waals surface area contributed by atoms with Crippen LogP contribution in [0.2, 0.25) is 0 Å². The fourth-order valence-electron chi connectivity index (χ4n) is 2.05. The quantitative estimate of drug-likeness (QED) is 0.679. The van der Waals surface area contributed by atoms with Crippen molar-refractivity contribution >= 4 is 17.7 Å². The number of alkyl halides is 3. The second-order valence-electron chi connectivity index (χ2n) is 4.78. The van der Waals surface area contributed by atoms with Crippen molar-refractivity contribution in [2.75, 3.05) is 31.1 Å². The number of halogens is 3. The standard InChI is InChI=1S/C14H18F3N3OS/c15-14(16,17)21-12-3-1-11(2-4-12)5-6-19-13(18)20-7-9-22-10-8-20/h1-4H,5-10H2,(H2,18,19). The molecule has 1 aromatic rings. The van der Waals surface area contributed by atoms with Gasteiger partial charge in [-0.1, -0.05) is 12.1 Å². The van der Waals surface area contributed by atoms with Gasteiger partial charge in [0.05, 0.1) is 0 Å². The van der Waals surface area contributed by atoms with E-state index in [1.165, 1.54) is 12.1 Å². The SMILES string of the molecule is NC(=NCCc1ccc(OC(F)(F)F)cc1)N1CCSCC1. The smallest absolute Gasteiger partial charge is 0.406 e. The van der Waals surface area contributed by atoms with E-state index < -0.39 is 6.36 Å². The molecule has 0 radical (unpaired) electrons.